The number of likely N-dealkylation sites (N-methyl/N-ethyl adjacent to an activating group) is 1. The molecular formula is C20H28N5S+. The summed E-state index contributed by atoms with van der Waals surface area (Å²) in [5, 5.41) is 4.79. The molecule has 0 fully saturated rings. The van der Waals surface area contributed by atoms with Crippen molar-refractivity contribution in [2.24, 2.45) is 0 Å². The maximum atomic E-state index is 5.09. The molecule has 0 spiro atoms. The zero-order chi connectivity index (χ0) is 18.3. The molecular weight excluding hydrogens is 342 g/mol. The number of rotatable bonds is 5. The first-order valence-corrected chi connectivity index (χ1v) is 10.5. The fraction of sp³-hybridized carbons (Fsp3) is 0.550. The lowest BCUT2D eigenvalue weighted by atomic mass is 9.86. The molecule has 2 N–H and O–H groups in total. The van der Waals surface area contributed by atoms with Crippen molar-refractivity contribution < 1.29 is 4.90 Å². The number of thiophene rings is 1. The highest BCUT2D eigenvalue weighted by atomic mass is 32.1. The maximum absolute atomic E-state index is 5.09. The number of fused-ring (bicyclic) bond motifs is 5. The van der Waals surface area contributed by atoms with Crippen molar-refractivity contribution in [3.8, 4) is 0 Å². The Hall–Kier alpha value is -1.79. The largest absolute Gasteiger partial charge is 0.363 e. The number of hydrogen-bond donors (Lipinski definition) is 2. The summed E-state index contributed by atoms with van der Waals surface area (Å²) in [4.78, 5) is 16.8. The van der Waals surface area contributed by atoms with Gasteiger partial charge in [-0.3, -0.25) is 0 Å². The van der Waals surface area contributed by atoms with Crippen LogP contribution >= 0.6 is 11.3 Å². The minimum Gasteiger partial charge on any atom is -0.363 e. The number of nitrogens with one attached hydrogen (secondary N) is 2. The molecule has 0 aliphatic heterocycles. The number of aryl methyl sites for hydroxylation is 1. The van der Waals surface area contributed by atoms with Crippen molar-refractivity contribution in [1.82, 2.24) is 15.0 Å². The summed E-state index contributed by atoms with van der Waals surface area (Å²) in [6.07, 6.45) is 6.55. The molecule has 1 aliphatic rings. The Balaban J connectivity index is 1.88. The van der Waals surface area contributed by atoms with Gasteiger partial charge in [0.15, 0.2) is 0 Å². The van der Waals surface area contributed by atoms with Crippen LogP contribution < -0.4 is 10.2 Å². The molecule has 0 atom stereocenters. The lowest BCUT2D eigenvalue weighted by Gasteiger charge is -2.21. The number of aromatic nitrogens is 3. The van der Waals surface area contributed by atoms with Crippen molar-refractivity contribution >= 4 is 37.6 Å². The highest BCUT2D eigenvalue weighted by Crippen LogP contribution is 2.41. The first-order valence-electron chi connectivity index (χ1n) is 9.68. The Kier molecular flexibility index (Phi) is 4.80. The molecule has 0 bridgehead atoms. The van der Waals surface area contributed by atoms with E-state index in [1.807, 2.05) is 0 Å². The number of nitrogens with zero attached hydrogens (tertiary/aromatic N) is 3. The Labute approximate surface area is 158 Å². The second-order valence-corrected chi connectivity index (χ2v) is 8.88. The first kappa shape index (κ1) is 17.6. The van der Waals surface area contributed by atoms with Crippen LogP contribution in [0.15, 0.2) is 6.33 Å². The van der Waals surface area contributed by atoms with Crippen LogP contribution in [-0.2, 0) is 12.8 Å². The Morgan fingerprint density at radius 3 is 2.65 bits per heavy atom. The number of pyridine rings is 1. The van der Waals surface area contributed by atoms with Crippen LogP contribution in [0.1, 0.15) is 49.4 Å². The molecule has 0 unspecified atom stereocenters. The van der Waals surface area contributed by atoms with Gasteiger partial charge >= 0.3 is 0 Å². The highest BCUT2D eigenvalue weighted by molar-refractivity contribution is 7.26. The van der Waals surface area contributed by atoms with Gasteiger partial charge in [-0.25, -0.2) is 15.0 Å². The average molecular weight is 371 g/mol. The van der Waals surface area contributed by atoms with Crippen LogP contribution in [0.25, 0.3) is 20.4 Å². The fourth-order valence-electron chi connectivity index (χ4n) is 3.92. The lowest BCUT2D eigenvalue weighted by Crippen LogP contribution is -3.06. The van der Waals surface area contributed by atoms with E-state index in [-0.39, 0.29) is 0 Å². The van der Waals surface area contributed by atoms with Crippen LogP contribution in [0.4, 0.5) is 5.82 Å². The topological polar surface area (TPSA) is 55.1 Å². The summed E-state index contributed by atoms with van der Waals surface area (Å²) in [6, 6.07) is 0. The second-order valence-electron chi connectivity index (χ2n) is 7.88. The summed E-state index contributed by atoms with van der Waals surface area (Å²) in [7, 11) is 4.33. The molecule has 5 nitrogen and oxygen atoms in total. The molecule has 3 aromatic rings. The smallest absolute Gasteiger partial charge is 0.147 e. The van der Waals surface area contributed by atoms with Gasteiger partial charge in [0, 0.05) is 11.1 Å². The minimum absolute atomic E-state index is 0.461. The monoisotopic (exact) mass is 370 g/mol. The molecule has 0 saturated carbocycles. The Bertz CT molecular complexity index is 944. The molecule has 4 rings (SSSR count). The summed E-state index contributed by atoms with van der Waals surface area (Å²) in [5.41, 5.74) is 5.36. The van der Waals surface area contributed by atoms with Crippen LogP contribution in [0.2, 0.25) is 0 Å². The van der Waals surface area contributed by atoms with Crippen LogP contribution in [0, 0.1) is 0 Å². The van der Waals surface area contributed by atoms with Crippen molar-refractivity contribution in [3.63, 3.8) is 0 Å². The summed E-state index contributed by atoms with van der Waals surface area (Å²) < 4.78 is 1.15. The Morgan fingerprint density at radius 2 is 1.92 bits per heavy atom. The zero-order valence-electron chi connectivity index (χ0n) is 16.1. The number of anilines is 1. The minimum atomic E-state index is 0.461. The number of quaternary nitrogens is 1. The van der Waals surface area contributed by atoms with E-state index in [0.717, 1.165) is 46.8 Å². The fourth-order valence-corrected chi connectivity index (χ4v) is 5.06. The summed E-state index contributed by atoms with van der Waals surface area (Å²) in [5.74, 6) is 1.41. The van der Waals surface area contributed by atoms with Gasteiger partial charge in [0.05, 0.1) is 37.4 Å². The van der Waals surface area contributed by atoms with E-state index in [4.69, 9.17) is 4.98 Å². The molecule has 0 radical (unpaired) electrons. The van der Waals surface area contributed by atoms with Gasteiger partial charge in [0.2, 0.25) is 0 Å². The maximum Gasteiger partial charge on any atom is 0.147 e. The van der Waals surface area contributed by atoms with E-state index in [9.17, 15) is 0 Å². The van der Waals surface area contributed by atoms with Crippen molar-refractivity contribution in [2.45, 2.75) is 45.4 Å². The molecule has 1 aliphatic carbocycles. The van der Waals surface area contributed by atoms with Crippen LogP contribution in [0.3, 0.4) is 0 Å². The average Bonchev–Trinajstić information content (AvgIpc) is 3.00. The zero-order valence-corrected chi connectivity index (χ0v) is 17.0. The molecule has 3 aromatic heterocycles. The molecule has 6 heteroatoms. The predicted octanol–water partition coefficient (Wildman–Crippen LogP) is 2.80. The normalized spacial score (nSPS) is 14.5. The quantitative estimate of drug-likeness (QED) is 0.725. The van der Waals surface area contributed by atoms with E-state index in [2.05, 4.69) is 43.2 Å². The van der Waals surface area contributed by atoms with E-state index in [1.165, 1.54) is 39.9 Å². The van der Waals surface area contributed by atoms with Gasteiger partial charge in [0.1, 0.15) is 17.0 Å². The third kappa shape index (κ3) is 3.05. The molecule has 0 aromatic carbocycles. The summed E-state index contributed by atoms with van der Waals surface area (Å²) in [6.45, 7) is 6.48. The lowest BCUT2D eigenvalue weighted by molar-refractivity contribution is -0.856. The van der Waals surface area contributed by atoms with Gasteiger partial charge in [-0.15, -0.1) is 11.3 Å². The van der Waals surface area contributed by atoms with Gasteiger partial charge in [-0.2, -0.15) is 0 Å². The second kappa shape index (κ2) is 7.08. The first-order chi connectivity index (χ1) is 12.6. The predicted molar refractivity (Wildman–Crippen MR) is 110 cm³/mol. The van der Waals surface area contributed by atoms with Gasteiger partial charge < -0.3 is 10.2 Å². The van der Waals surface area contributed by atoms with Gasteiger partial charge in [0.25, 0.3) is 0 Å². The van der Waals surface area contributed by atoms with Crippen LogP contribution in [-0.4, -0.2) is 42.1 Å². The molecule has 3 heterocycles. The molecule has 0 amide bonds. The van der Waals surface area contributed by atoms with Crippen molar-refractivity contribution in [3.05, 3.63) is 23.1 Å². The van der Waals surface area contributed by atoms with Gasteiger partial charge in [-0.1, -0.05) is 13.8 Å². The third-order valence-corrected chi connectivity index (χ3v) is 6.30. The number of hydrogen-bond acceptors (Lipinski definition) is 5. The standard InChI is InChI=1S/C20H27N5S/c1-12(2)16-14-8-6-5-7-13(14)15-17-18(26-20(15)24-16)19(23-11-22-17)21-9-10-25(3)4/h11-12H,5-10H2,1-4H3,(H,21,22,23)/p+1. The third-order valence-electron chi connectivity index (χ3n) is 5.22. The molecule has 26 heavy (non-hydrogen) atoms. The van der Waals surface area contributed by atoms with E-state index >= 15 is 0 Å². The van der Waals surface area contributed by atoms with Gasteiger partial charge in [-0.05, 0) is 42.7 Å². The summed E-state index contributed by atoms with van der Waals surface area (Å²) >= 11 is 1.75. The SMILES string of the molecule is CC(C)c1nc2sc3c(NCC[NH+](C)C)ncnc3c2c2c1CCCC2. The Morgan fingerprint density at radius 1 is 1.15 bits per heavy atom. The van der Waals surface area contributed by atoms with Crippen molar-refractivity contribution in [2.75, 3.05) is 32.5 Å². The van der Waals surface area contributed by atoms with Crippen molar-refractivity contribution in [1.29, 1.82) is 0 Å². The molecule has 0 saturated heterocycles. The van der Waals surface area contributed by atoms with Crippen LogP contribution in [0.5, 0.6) is 0 Å². The van der Waals surface area contributed by atoms with E-state index in [1.54, 1.807) is 17.7 Å². The molecule has 138 valence electrons. The highest BCUT2D eigenvalue weighted by Gasteiger charge is 2.24. The van der Waals surface area contributed by atoms with E-state index in [0.29, 0.717) is 5.92 Å². The van der Waals surface area contributed by atoms with E-state index < -0.39 is 0 Å².